The molecule has 1 aliphatic heterocycles. The Balaban J connectivity index is 1.43. The van der Waals surface area contributed by atoms with E-state index in [1.165, 1.54) is 12.8 Å². The number of nitrogens with one attached hydrogen (secondary N) is 2. The van der Waals surface area contributed by atoms with Crippen molar-refractivity contribution in [2.24, 2.45) is 0 Å². The van der Waals surface area contributed by atoms with Gasteiger partial charge in [0.15, 0.2) is 0 Å². The molecule has 182 valence electrons. The van der Waals surface area contributed by atoms with Gasteiger partial charge < -0.3 is 15.4 Å². The fraction of sp³-hybridized carbons (Fsp3) is 0.417. The zero-order valence-corrected chi connectivity index (χ0v) is 21.8. The molecule has 4 rings (SSSR count). The van der Waals surface area contributed by atoms with E-state index in [1.54, 1.807) is 37.4 Å². The van der Waals surface area contributed by atoms with Crippen LogP contribution in [0.1, 0.15) is 28.8 Å². The third-order valence-corrected chi connectivity index (χ3v) is 7.38. The van der Waals surface area contributed by atoms with E-state index in [0.29, 0.717) is 44.8 Å². The minimum Gasteiger partial charge on any atom is -0.380 e. The lowest BCUT2D eigenvalue weighted by atomic mass is 10.1. The van der Waals surface area contributed by atoms with Gasteiger partial charge in [-0.2, -0.15) is 0 Å². The predicted molar refractivity (Wildman–Crippen MR) is 143 cm³/mol. The van der Waals surface area contributed by atoms with E-state index in [4.69, 9.17) is 4.74 Å². The smallest absolute Gasteiger partial charge is 0.255 e. The molecule has 0 unspecified atom stereocenters. The molecule has 10 heteroatoms. The van der Waals surface area contributed by atoms with E-state index in [9.17, 15) is 9.59 Å². The van der Waals surface area contributed by atoms with Gasteiger partial charge in [-0.25, -0.2) is 0 Å². The molecular weight excluding hydrogens is 488 g/mol. The summed E-state index contributed by atoms with van der Waals surface area (Å²) in [4.78, 5) is 32.3. The fourth-order valence-electron chi connectivity index (χ4n) is 4.13. The number of carbonyl (C=O) groups is 2. The molecule has 2 aromatic carbocycles. The monoisotopic (exact) mass is 518 g/mol. The van der Waals surface area contributed by atoms with E-state index in [0.717, 1.165) is 37.8 Å². The van der Waals surface area contributed by atoms with E-state index in [2.05, 4.69) is 58.3 Å². The van der Waals surface area contributed by atoms with E-state index < -0.39 is 0 Å². The number of thiol groups is 3. The largest absolute Gasteiger partial charge is 0.380 e. The molecule has 0 radical (unpaired) electrons. The predicted octanol–water partition coefficient (Wildman–Crippen LogP) is 3.67. The highest BCUT2D eigenvalue weighted by Gasteiger charge is 2.31. The first-order valence-electron chi connectivity index (χ1n) is 11.3. The molecule has 1 saturated heterocycles. The van der Waals surface area contributed by atoms with Crippen molar-refractivity contribution in [2.75, 3.05) is 50.5 Å². The Hall–Kier alpha value is -1.69. The lowest BCUT2D eigenvalue weighted by Gasteiger charge is -2.34. The lowest BCUT2D eigenvalue weighted by Crippen LogP contribution is -2.49. The number of ether oxygens (including phenoxy) is 1. The van der Waals surface area contributed by atoms with Crippen LogP contribution >= 0.6 is 37.9 Å². The van der Waals surface area contributed by atoms with Crippen LogP contribution in [-0.4, -0.2) is 67.5 Å². The number of benzene rings is 2. The summed E-state index contributed by atoms with van der Waals surface area (Å²) in [6.45, 7) is 4.45. The van der Waals surface area contributed by atoms with Gasteiger partial charge in [0.1, 0.15) is 0 Å². The van der Waals surface area contributed by atoms with E-state index >= 15 is 0 Å². The summed E-state index contributed by atoms with van der Waals surface area (Å²) in [6, 6.07) is 9.41. The van der Waals surface area contributed by atoms with Gasteiger partial charge in [0.05, 0.1) is 18.8 Å². The molecule has 0 bridgehead atoms. The number of carbonyl (C=O) groups excluding carboxylic acids is 2. The van der Waals surface area contributed by atoms with Gasteiger partial charge in [-0.1, -0.05) is 6.07 Å². The number of hydrogen-bond donors (Lipinski definition) is 5. The van der Waals surface area contributed by atoms with Gasteiger partial charge in [-0.3, -0.25) is 19.4 Å². The average molecular weight is 519 g/mol. The van der Waals surface area contributed by atoms with Gasteiger partial charge in [0.2, 0.25) is 5.91 Å². The second kappa shape index (κ2) is 11.4. The van der Waals surface area contributed by atoms with Crippen LogP contribution in [0.5, 0.6) is 0 Å². The van der Waals surface area contributed by atoms with Gasteiger partial charge in [0, 0.05) is 70.8 Å². The van der Waals surface area contributed by atoms with Gasteiger partial charge in [-0.15, -0.1) is 37.9 Å². The molecule has 7 nitrogen and oxygen atoms in total. The zero-order chi connectivity index (χ0) is 24.2. The highest BCUT2D eigenvalue weighted by molar-refractivity contribution is 7.83. The summed E-state index contributed by atoms with van der Waals surface area (Å²) in [7, 11) is 1.60. The van der Waals surface area contributed by atoms with Crippen LogP contribution < -0.4 is 10.6 Å². The van der Waals surface area contributed by atoms with Crippen molar-refractivity contribution in [3.8, 4) is 0 Å². The number of methoxy groups -OCH3 is 1. The Bertz CT molecular complexity index is 1070. The first-order valence-corrected chi connectivity index (χ1v) is 12.6. The topological polar surface area (TPSA) is 73.9 Å². The van der Waals surface area contributed by atoms with Crippen LogP contribution in [0.25, 0.3) is 0 Å². The number of nitrogens with zero attached hydrogens (tertiary/aromatic N) is 2. The van der Waals surface area contributed by atoms with Crippen molar-refractivity contribution in [2.45, 2.75) is 40.2 Å². The molecule has 0 spiro atoms. The van der Waals surface area contributed by atoms with Crippen molar-refractivity contribution in [3.63, 3.8) is 0 Å². The first kappa shape index (κ1) is 25.4. The maximum Gasteiger partial charge on any atom is 0.255 e. The highest BCUT2D eigenvalue weighted by Crippen LogP contribution is 2.31. The Morgan fingerprint density at radius 2 is 1.74 bits per heavy atom. The van der Waals surface area contributed by atoms with E-state index in [1.807, 2.05) is 0 Å². The Morgan fingerprint density at radius 3 is 2.41 bits per heavy atom. The zero-order valence-electron chi connectivity index (χ0n) is 19.1. The minimum atomic E-state index is -0.322. The number of piperazine rings is 1. The quantitative estimate of drug-likeness (QED) is 0.345. The molecule has 2 aliphatic rings. The van der Waals surface area contributed by atoms with Crippen molar-refractivity contribution < 1.29 is 14.3 Å². The molecule has 2 fully saturated rings. The Morgan fingerprint density at radius 1 is 1.00 bits per heavy atom. The third kappa shape index (κ3) is 6.50. The second-order valence-corrected chi connectivity index (χ2v) is 10.2. The van der Waals surface area contributed by atoms with Crippen LogP contribution in [0.15, 0.2) is 45.0 Å². The minimum absolute atomic E-state index is 0.102. The maximum absolute atomic E-state index is 13.0. The van der Waals surface area contributed by atoms with Gasteiger partial charge in [-0.05, 0) is 37.1 Å². The van der Waals surface area contributed by atoms with Crippen molar-refractivity contribution in [3.05, 3.63) is 41.5 Å². The van der Waals surface area contributed by atoms with Crippen LogP contribution in [0.4, 0.5) is 11.4 Å². The van der Waals surface area contributed by atoms with Crippen molar-refractivity contribution >= 4 is 61.1 Å². The highest BCUT2D eigenvalue weighted by atomic mass is 32.1. The summed E-state index contributed by atoms with van der Waals surface area (Å²) in [6.07, 6.45) is 2.61. The number of amides is 2. The number of hydrogen-bond acceptors (Lipinski definition) is 8. The molecule has 0 atom stereocenters. The summed E-state index contributed by atoms with van der Waals surface area (Å²) in [5.41, 5.74) is 2.30. The normalized spacial score (nSPS) is 16.9. The summed E-state index contributed by atoms with van der Waals surface area (Å²) in [5, 5.41) is 5.84. The summed E-state index contributed by atoms with van der Waals surface area (Å²) in [5.74, 6) is -0.424. The second-order valence-electron chi connectivity index (χ2n) is 8.71. The molecule has 1 heterocycles. The lowest BCUT2D eigenvalue weighted by molar-refractivity contribution is -0.117. The number of anilines is 2. The Kier molecular flexibility index (Phi) is 8.49. The molecule has 2 N–H and O–H groups in total. The third-order valence-electron chi connectivity index (χ3n) is 6.11. The van der Waals surface area contributed by atoms with E-state index in [-0.39, 0.29) is 11.8 Å². The summed E-state index contributed by atoms with van der Waals surface area (Å²) < 4.78 is 5.28. The van der Waals surface area contributed by atoms with Crippen molar-refractivity contribution in [1.29, 1.82) is 0 Å². The standard InChI is InChI=1S/C24H30N4O3S3/c1-31-14-16-3-2-15(24(30)26-20-11-18(32)12-21(33)23(20)34)10-19(16)25-22(29)13-27-6-8-28(9-7-27)17-4-5-17/h2-3,10-12,17,32-34H,4-9,13-14H2,1H3,(H,25,29)(H,26,30). The summed E-state index contributed by atoms with van der Waals surface area (Å²) >= 11 is 13.1. The Labute approximate surface area is 216 Å². The van der Waals surface area contributed by atoms with Crippen LogP contribution in [-0.2, 0) is 16.1 Å². The molecule has 0 aromatic heterocycles. The van der Waals surface area contributed by atoms with Crippen LogP contribution in [0, 0.1) is 0 Å². The molecule has 34 heavy (non-hydrogen) atoms. The molecular formula is C24H30N4O3S3. The molecule has 2 aromatic rings. The van der Waals surface area contributed by atoms with Gasteiger partial charge in [0.25, 0.3) is 5.91 Å². The molecule has 2 amide bonds. The molecule has 1 saturated carbocycles. The van der Waals surface area contributed by atoms with Crippen LogP contribution in [0.3, 0.4) is 0 Å². The van der Waals surface area contributed by atoms with Crippen molar-refractivity contribution in [1.82, 2.24) is 9.80 Å². The molecule has 1 aliphatic carbocycles. The van der Waals surface area contributed by atoms with Gasteiger partial charge >= 0.3 is 0 Å². The number of rotatable bonds is 8. The van der Waals surface area contributed by atoms with Crippen LogP contribution in [0.2, 0.25) is 0 Å². The maximum atomic E-state index is 13.0. The SMILES string of the molecule is COCc1ccc(C(=O)Nc2cc(S)cc(S)c2S)cc1NC(=O)CN1CCN(C2CC2)CC1. The average Bonchev–Trinajstić information content (AvgIpc) is 3.64. The first-order chi connectivity index (χ1) is 16.3. The fourth-order valence-corrected chi connectivity index (χ4v) is 4.93.